The number of amides is 1. The van der Waals surface area contributed by atoms with Crippen molar-refractivity contribution in [2.45, 2.75) is 58.8 Å². The lowest BCUT2D eigenvalue weighted by Crippen LogP contribution is -2.16. The molecule has 0 saturated heterocycles. The minimum Gasteiger partial charge on any atom is -0.460 e. The minimum atomic E-state index is -0.0324. The van der Waals surface area contributed by atoms with Crippen LogP contribution in [-0.2, 0) is 4.79 Å². The van der Waals surface area contributed by atoms with Crippen LogP contribution in [0.25, 0.3) is 0 Å². The molecule has 1 aromatic heterocycles. The topological polar surface area (TPSA) is 54.6 Å². The van der Waals surface area contributed by atoms with E-state index >= 15 is 0 Å². The number of aryl methyl sites for hydroxylation is 1. The Morgan fingerprint density at radius 3 is 2.68 bits per heavy atom. The summed E-state index contributed by atoms with van der Waals surface area (Å²) in [6, 6.07) is 3.68. The lowest BCUT2D eigenvalue weighted by molar-refractivity contribution is -0.121. The fraction of sp³-hybridized carbons (Fsp3) is 0.600. The molecule has 1 amide bonds. The molecule has 0 bridgehead atoms. The molecule has 4 heteroatoms. The Bertz CT molecular complexity index is 397. The number of hydrogen-bond donors (Lipinski definition) is 1. The van der Waals surface area contributed by atoms with E-state index in [2.05, 4.69) is 17.5 Å². The maximum absolute atomic E-state index is 11.5. The van der Waals surface area contributed by atoms with Crippen LogP contribution in [0.3, 0.4) is 0 Å². The molecule has 1 rings (SSSR count). The van der Waals surface area contributed by atoms with Crippen LogP contribution in [0.4, 0.5) is 0 Å². The zero-order valence-corrected chi connectivity index (χ0v) is 11.9. The quantitative estimate of drug-likeness (QED) is 0.419. The van der Waals surface area contributed by atoms with E-state index < -0.39 is 0 Å². The molecule has 0 fully saturated rings. The smallest absolute Gasteiger partial charge is 0.240 e. The number of furan rings is 1. The molecule has 0 aliphatic carbocycles. The molecule has 0 aliphatic rings. The van der Waals surface area contributed by atoms with Gasteiger partial charge in [0.25, 0.3) is 0 Å². The fourth-order valence-corrected chi connectivity index (χ4v) is 1.81. The summed E-state index contributed by atoms with van der Waals surface area (Å²) in [6.07, 6.45) is 9.15. The summed E-state index contributed by atoms with van der Waals surface area (Å²) < 4.78 is 5.30. The van der Waals surface area contributed by atoms with E-state index in [1.54, 1.807) is 0 Å². The van der Waals surface area contributed by atoms with Crippen molar-refractivity contribution < 1.29 is 9.21 Å². The largest absolute Gasteiger partial charge is 0.460 e. The maximum Gasteiger partial charge on any atom is 0.240 e. The summed E-state index contributed by atoms with van der Waals surface area (Å²) >= 11 is 0. The number of rotatable bonds is 9. The molecule has 0 saturated carbocycles. The fourth-order valence-electron chi connectivity index (χ4n) is 1.81. The van der Waals surface area contributed by atoms with E-state index in [0.29, 0.717) is 12.2 Å². The van der Waals surface area contributed by atoms with Crippen LogP contribution >= 0.6 is 0 Å². The van der Waals surface area contributed by atoms with Gasteiger partial charge in [0.15, 0.2) is 0 Å². The van der Waals surface area contributed by atoms with Crippen molar-refractivity contribution in [1.29, 1.82) is 0 Å². The van der Waals surface area contributed by atoms with Gasteiger partial charge in [0.2, 0.25) is 5.91 Å². The number of carbonyl (C=O) groups is 1. The van der Waals surface area contributed by atoms with Crippen LogP contribution in [0.15, 0.2) is 21.7 Å². The molecule has 1 N–H and O–H groups in total. The standard InChI is InChI=1S/C15H24N2O2/c1-3-4-5-6-7-8-9-15(18)17-16-12-14-11-10-13(2)19-14/h10-12H,3-9H2,1-2H3,(H,17,18)/b16-12+. The second-order valence-electron chi connectivity index (χ2n) is 4.76. The van der Waals surface area contributed by atoms with Crippen LogP contribution in [0, 0.1) is 6.92 Å². The van der Waals surface area contributed by atoms with Gasteiger partial charge in [0.1, 0.15) is 11.5 Å². The van der Waals surface area contributed by atoms with Gasteiger partial charge in [-0.1, -0.05) is 39.0 Å². The van der Waals surface area contributed by atoms with Gasteiger partial charge in [-0.05, 0) is 25.5 Å². The van der Waals surface area contributed by atoms with Gasteiger partial charge in [-0.15, -0.1) is 0 Å². The summed E-state index contributed by atoms with van der Waals surface area (Å²) in [5, 5.41) is 3.86. The van der Waals surface area contributed by atoms with Crippen molar-refractivity contribution >= 4 is 12.1 Å². The number of nitrogens with one attached hydrogen (secondary N) is 1. The first kappa shape index (κ1) is 15.5. The number of carbonyl (C=O) groups excluding carboxylic acids is 1. The predicted octanol–water partition coefficient (Wildman–Crippen LogP) is 3.79. The molecule has 1 heterocycles. The molecule has 0 unspecified atom stereocenters. The van der Waals surface area contributed by atoms with Crippen molar-refractivity contribution in [1.82, 2.24) is 5.43 Å². The first-order valence-electron chi connectivity index (χ1n) is 7.10. The molecule has 0 atom stereocenters. The van der Waals surface area contributed by atoms with Crippen LogP contribution in [0.5, 0.6) is 0 Å². The third-order valence-electron chi connectivity index (χ3n) is 2.90. The van der Waals surface area contributed by atoms with E-state index in [1.807, 2.05) is 19.1 Å². The molecule has 0 radical (unpaired) electrons. The second-order valence-corrected chi connectivity index (χ2v) is 4.76. The summed E-state index contributed by atoms with van der Waals surface area (Å²) in [5.41, 5.74) is 2.51. The molecule has 1 aromatic rings. The van der Waals surface area contributed by atoms with Crippen LogP contribution in [0.1, 0.15) is 63.4 Å². The van der Waals surface area contributed by atoms with E-state index in [4.69, 9.17) is 4.42 Å². The first-order chi connectivity index (χ1) is 9.22. The van der Waals surface area contributed by atoms with Gasteiger partial charge in [0, 0.05) is 6.42 Å². The molecule has 0 aliphatic heterocycles. The van der Waals surface area contributed by atoms with E-state index in [-0.39, 0.29) is 5.91 Å². The average molecular weight is 264 g/mol. The van der Waals surface area contributed by atoms with E-state index in [1.165, 1.54) is 31.9 Å². The molecule has 106 valence electrons. The Hall–Kier alpha value is -1.58. The SMILES string of the molecule is CCCCCCCCC(=O)N/N=C/c1ccc(C)o1. The van der Waals surface area contributed by atoms with Crippen molar-refractivity contribution in [2.24, 2.45) is 5.10 Å². The first-order valence-corrected chi connectivity index (χ1v) is 7.10. The Labute approximate surface area is 115 Å². The Morgan fingerprint density at radius 1 is 1.26 bits per heavy atom. The number of unbranched alkanes of at least 4 members (excludes halogenated alkanes) is 5. The van der Waals surface area contributed by atoms with E-state index in [0.717, 1.165) is 18.6 Å². The maximum atomic E-state index is 11.5. The second kappa shape index (κ2) is 9.36. The zero-order chi connectivity index (χ0) is 13.9. The normalized spacial score (nSPS) is 11.1. The third kappa shape index (κ3) is 7.44. The number of hydrazone groups is 1. The average Bonchev–Trinajstić information content (AvgIpc) is 2.79. The van der Waals surface area contributed by atoms with Gasteiger partial charge >= 0.3 is 0 Å². The lowest BCUT2D eigenvalue weighted by Gasteiger charge is -2.00. The monoisotopic (exact) mass is 264 g/mol. The molecular formula is C15H24N2O2. The van der Waals surface area contributed by atoms with Crippen molar-refractivity contribution in [2.75, 3.05) is 0 Å². The summed E-state index contributed by atoms with van der Waals surface area (Å²) in [6.45, 7) is 4.07. The van der Waals surface area contributed by atoms with Crippen molar-refractivity contribution in [3.8, 4) is 0 Å². The highest BCUT2D eigenvalue weighted by molar-refractivity contribution is 5.80. The van der Waals surface area contributed by atoms with Gasteiger partial charge < -0.3 is 4.42 Å². The zero-order valence-electron chi connectivity index (χ0n) is 11.9. The van der Waals surface area contributed by atoms with Gasteiger partial charge in [-0.25, -0.2) is 5.43 Å². The molecule has 0 aromatic carbocycles. The van der Waals surface area contributed by atoms with Crippen LogP contribution < -0.4 is 5.43 Å². The van der Waals surface area contributed by atoms with Crippen molar-refractivity contribution in [3.63, 3.8) is 0 Å². The Morgan fingerprint density at radius 2 is 2.00 bits per heavy atom. The summed E-state index contributed by atoms with van der Waals surface area (Å²) in [5.74, 6) is 1.45. The lowest BCUT2D eigenvalue weighted by atomic mass is 10.1. The number of hydrogen-bond acceptors (Lipinski definition) is 3. The van der Waals surface area contributed by atoms with Crippen LogP contribution in [-0.4, -0.2) is 12.1 Å². The minimum absolute atomic E-state index is 0.0324. The van der Waals surface area contributed by atoms with E-state index in [9.17, 15) is 4.79 Å². The van der Waals surface area contributed by atoms with Gasteiger partial charge in [-0.2, -0.15) is 5.10 Å². The van der Waals surface area contributed by atoms with Crippen LogP contribution in [0.2, 0.25) is 0 Å². The highest BCUT2D eigenvalue weighted by atomic mass is 16.3. The Balaban J connectivity index is 2.06. The molecular weight excluding hydrogens is 240 g/mol. The van der Waals surface area contributed by atoms with Gasteiger partial charge in [-0.3, -0.25) is 4.79 Å². The Kier molecular flexibility index (Phi) is 7.63. The summed E-state index contributed by atoms with van der Waals surface area (Å²) in [4.78, 5) is 11.5. The molecule has 0 spiro atoms. The number of nitrogens with zero attached hydrogens (tertiary/aromatic N) is 1. The highest BCUT2D eigenvalue weighted by Gasteiger charge is 1.99. The van der Waals surface area contributed by atoms with Crippen molar-refractivity contribution in [3.05, 3.63) is 23.7 Å². The van der Waals surface area contributed by atoms with Gasteiger partial charge in [0.05, 0.1) is 6.21 Å². The highest BCUT2D eigenvalue weighted by Crippen LogP contribution is 2.06. The third-order valence-corrected chi connectivity index (χ3v) is 2.90. The summed E-state index contributed by atoms with van der Waals surface area (Å²) in [7, 11) is 0. The molecule has 19 heavy (non-hydrogen) atoms. The molecule has 4 nitrogen and oxygen atoms in total. The predicted molar refractivity (Wildman–Crippen MR) is 77.2 cm³/mol.